The van der Waals surface area contributed by atoms with E-state index in [4.69, 9.17) is 4.74 Å². The second-order valence-electron chi connectivity index (χ2n) is 13.5. The van der Waals surface area contributed by atoms with Crippen molar-refractivity contribution in [2.45, 2.75) is 94.0 Å². The molecular weight excluding hydrogens is 444 g/mol. The number of aliphatic hydroxyl groups is 1. The summed E-state index contributed by atoms with van der Waals surface area (Å²) in [6.45, 7) is 6.16. The summed E-state index contributed by atoms with van der Waals surface area (Å²) in [6, 6.07) is 9.73. The summed E-state index contributed by atoms with van der Waals surface area (Å²) in [5, 5.41) is 12.9. The highest BCUT2D eigenvalue weighted by molar-refractivity contribution is 5.82. The van der Waals surface area contributed by atoms with E-state index in [9.17, 15) is 5.11 Å². The second kappa shape index (κ2) is 7.09. The zero-order valence-electron chi connectivity index (χ0n) is 21.7. The fraction of sp³-hybridized carbons (Fsp3) is 0.594. The van der Waals surface area contributed by atoms with Crippen LogP contribution in [0.25, 0.3) is 10.8 Å². The molecule has 1 N–H and O–H groups in total. The van der Waals surface area contributed by atoms with Gasteiger partial charge in [0.25, 0.3) is 0 Å². The van der Waals surface area contributed by atoms with Crippen molar-refractivity contribution in [3.63, 3.8) is 0 Å². The summed E-state index contributed by atoms with van der Waals surface area (Å²) >= 11 is 0. The SMILES string of the molecule is CC1(O)CN(C2CCC3=CC4=CC[C@]5(C)[C@@H](c6ccc7ccncc7c6)CC[C@H]5[C@@]45CC[C@]3(C2)O5)C1. The van der Waals surface area contributed by atoms with E-state index >= 15 is 0 Å². The van der Waals surface area contributed by atoms with Crippen LogP contribution in [0, 0.1) is 11.3 Å². The lowest BCUT2D eigenvalue weighted by molar-refractivity contribution is -0.157. The van der Waals surface area contributed by atoms with Gasteiger partial charge >= 0.3 is 0 Å². The molecular formula is C32H38N2O2. The zero-order chi connectivity index (χ0) is 24.3. The maximum Gasteiger partial charge on any atom is 0.0974 e. The average molecular weight is 483 g/mol. The summed E-state index contributed by atoms with van der Waals surface area (Å²) in [5.74, 6) is 1.13. The van der Waals surface area contributed by atoms with Crippen molar-refractivity contribution in [1.82, 2.24) is 9.88 Å². The average Bonchev–Trinajstić information content (AvgIpc) is 3.37. The molecule has 6 aliphatic rings. The number of aromatic nitrogens is 1. The van der Waals surface area contributed by atoms with Crippen LogP contribution >= 0.6 is 0 Å². The van der Waals surface area contributed by atoms with Gasteiger partial charge < -0.3 is 9.84 Å². The molecule has 0 amide bonds. The molecule has 3 aliphatic heterocycles. The van der Waals surface area contributed by atoms with E-state index < -0.39 is 5.60 Å². The van der Waals surface area contributed by atoms with Crippen LogP contribution < -0.4 is 0 Å². The Kier molecular flexibility index (Phi) is 4.34. The van der Waals surface area contributed by atoms with Gasteiger partial charge in [0, 0.05) is 36.9 Å². The van der Waals surface area contributed by atoms with Gasteiger partial charge in [-0.25, -0.2) is 0 Å². The van der Waals surface area contributed by atoms with E-state index in [-0.39, 0.29) is 16.6 Å². The summed E-state index contributed by atoms with van der Waals surface area (Å²) < 4.78 is 7.48. The van der Waals surface area contributed by atoms with E-state index in [1.54, 1.807) is 5.57 Å². The van der Waals surface area contributed by atoms with Crippen LogP contribution in [0.2, 0.25) is 0 Å². The van der Waals surface area contributed by atoms with Crippen LogP contribution in [0.5, 0.6) is 0 Å². The highest BCUT2D eigenvalue weighted by atomic mass is 16.5. The lowest BCUT2D eigenvalue weighted by atomic mass is 9.58. The number of allylic oxidation sites excluding steroid dienone is 1. The van der Waals surface area contributed by atoms with E-state index in [0.717, 1.165) is 45.2 Å². The van der Waals surface area contributed by atoms with Crippen molar-refractivity contribution in [2.75, 3.05) is 13.1 Å². The van der Waals surface area contributed by atoms with Crippen molar-refractivity contribution < 1.29 is 9.84 Å². The van der Waals surface area contributed by atoms with Crippen molar-refractivity contribution in [2.24, 2.45) is 11.3 Å². The van der Waals surface area contributed by atoms with Gasteiger partial charge in [-0.2, -0.15) is 0 Å². The van der Waals surface area contributed by atoms with E-state index in [2.05, 4.69) is 53.2 Å². The third-order valence-corrected chi connectivity index (χ3v) is 11.3. The third-order valence-electron chi connectivity index (χ3n) is 11.3. The molecule has 36 heavy (non-hydrogen) atoms. The van der Waals surface area contributed by atoms with Gasteiger partial charge in [-0.3, -0.25) is 9.88 Å². The Morgan fingerprint density at radius 3 is 2.81 bits per heavy atom. The largest absolute Gasteiger partial charge is 0.388 e. The minimum absolute atomic E-state index is 0.0767. The smallest absolute Gasteiger partial charge is 0.0974 e. The summed E-state index contributed by atoms with van der Waals surface area (Å²) in [5.41, 5.74) is 4.08. The van der Waals surface area contributed by atoms with Gasteiger partial charge in [0.1, 0.15) is 0 Å². The molecule has 1 unspecified atom stereocenters. The maximum atomic E-state index is 10.3. The fourth-order valence-electron chi connectivity index (χ4n) is 9.65. The van der Waals surface area contributed by atoms with Crippen LogP contribution in [0.1, 0.15) is 76.7 Å². The molecule has 1 aromatic heterocycles. The minimum atomic E-state index is -0.503. The molecule has 4 heterocycles. The predicted molar refractivity (Wildman–Crippen MR) is 142 cm³/mol. The van der Waals surface area contributed by atoms with E-state index in [1.165, 1.54) is 41.2 Å². The quantitative estimate of drug-likeness (QED) is 0.578. The van der Waals surface area contributed by atoms with Crippen LogP contribution in [0.3, 0.4) is 0 Å². The lowest BCUT2D eigenvalue weighted by Gasteiger charge is -2.56. The monoisotopic (exact) mass is 482 g/mol. The highest BCUT2D eigenvalue weighted by Crippen LogP contribution is 2.69. The first kappa shape index (κ1) is 22.0. The summed E-state index contributed by atoms with van der Waals surface area (Å²) in [4.78, 5) is 6.89. The van der Waals surface area contributed by atoms with Gasteiger partial charge in [0.15, 0.2) is 0 Å². The van der Waals surface area contributed by atoms with Gasteiger partial charge in [0.05, 0.1) is 16.8 Å². The van der Waals surface area contributed by atoms with Crippen molar-refractivity contribution in [3.05, 3.63) is 65.5 Å². The Bertz CT molecular complexity index is 1320. The number of hydrogen-bond donors (Lipinski definition) is 1. The highest BCUT2D eigenvalue weighted by Gasteiger charge is 2.66. The van der Waals surface area contributed by atoms with Crippen LogP contribution in [-0.2, 0) is 4.74 Å². The molecule has 2 bridgehead atoms. The normalized spacial score (nSPS) is 42.7. The standard InChI is InChI=1S/C32H38N2O2/c1-29(35)19-34(20-29)26-6-5-24-16-25-9-11-30(2)27(22-4-3-21-10-14-33-18-23(21)15-22)7-8-28(30)32(25)13-12-31(24,17-26)36-32/h3-4,9-10,14-16,18,26-28,35H,5-8,11-13,17,19-20H2,1-2H3/t26?,27-,28-,30-,31-,32-/m1/s1. The first-order valence-electron chi connectivity index (χ1n) is 14.2. The predicted octanol–water partition coefficient (Wildman–Crippen LogP) is 5.91. The van der Waals surface area contributed by atoms with Crippen LogP contribution in [0.15, 0.2) is 60.0 Å². The van der Waals surface area contributed by atoms with Gasteiger partial charge in [-0.05, 0) is 110 Å². The van der Waals surface area contributed by atoms with E-state index in [0.29, 0.717) is 17.9 Å². The first-order chi connectivity index (χ1) is 17.3. The Morgan fingerprint density at radius 2 is 1.94 bits per heavy atom. The molecule has 8 rings (SSSR count). The Morgan fingerprint density at radius 1 is 1.06 bits per heavy atom. The number of benzene rings is 1. The maximum absolute atomic E-state index is 10.3. The van der Waals surface area contributed by atoms with Gasteiger partial charge in [0.2, 0.25) is 0 Å². The van der Waals surface area contributed by atoms with Crippen LogP contribution in [0.4, 0.5) is 0 Å². The second-order valence-corrected chi connectivity index (χ2v) is 13.5. The van der Waals surface area contributed by atoms with Gasteiger partial charge in [-0.1, -0.05) is 31.2 Å². The molecule has 0 radical (unpaired) electrons. The molecule has 3 aliphatic carbocycles. The zero-order valence-corrected chi connectivity index (χ0v) is 21.7. The first-order valence-corrected chi connectivity index (χ1v) is 14.2. The number of fused-ring (bicyclic) bond motifs is 2. The number of hydrogen-bond acceptors (Lipinski definition) is 4. The summed E-state index contributed by atoms with van der Waals surface area (Å²) in [7, 11) is 0. The molecule has 4 fully saturated rings. The summed E-state index contributed by atoms with van der Waals surface area (Å²) in [6.07, 6.45) is 18.5. The number of likely N-dealkylation sites (tertiary alicyclic amines) is 1. The topological polar surface area (TPSA) is 45.6 Å². The third kappa shape index (κ3) is 2.84. The molecule has 4 nitrogen and oxygen atoms in total. The molecule has 2 saturated heterocycles. The minimum Gasteiger partial charge on any atom is -0.388 e. The molecule has 188 valence electrons. The molecule has 6 atom stereocenters. The van der Waals surface area contributed by atoms with Gasteiger partial charge in [-0.15, -0.1) is 0 Å². The number of pyridine rings is 1. The van der Waals surface area contributed by atoms with Crippen molar-refractivity contribution in [1.29, 1.82) is 0 Å². The van der Waals surface area contributed by atoms with E-state index in [1.807, 2.05) is 19.3 Å². The molecule has 2 aromatic rings. The molecule has 2 saturated carbocycles. The van der Waals surface area contributed by atoms with Crippen molar-refractivity contribution in [3.8, 4) is 0 Å². The molecule has 2 spiro atoms. The van der Waals surface area contributed by atoms with Crippen molar-refractivity contribution >= 4 is 10.8 Å². The molecule has 1 aromatic carbocycles. The Labute approximate surface area is 214 Å². The Hall–Kier alpha value is -2.01. The number of rotatable bonds is 2. The number of β-amino-alcohol motifs (C(OH)–C–C–N with tert-alkyl or cyclic N) is 1. The number of nitrogens with zero attached hydrogens (tertiary/aromatic N) is 2. The molecule has 4 heteroatoms. The fourth-order valence-corrected chi connectivity index (χ4v) is 9.65. The number of ether oxygens (including phenoxy) is 1. The Balaban J connectivity index is 1.13. The van der Waals surface area contributed by atoms with Crippen LogP contribution in [-0.4, -0.2) is 50.9 Å². The lowest BCUT2D eigenvalue weighted by Crippen LogP contribution is -2.65.